The van der Waals surface area contributed by atoms with Crippen LogP contribution in [0.25, 0.3) is 32.8 Å². The Bertz CT molecular complexity index is 1720. The predicted molar refractivity (Wildman–Crippen MR) is 147 cm³/mol. The summed E-state index contributed by atoms with van der Waals surface area (Å²) in [6.07, 6.45) is 4.45. The lowest BCUT2D eigenvalue weighted by molar-refractivity contribution is 0.830. The molecule has 0 saturated heterocycles. The van der Waals surface area contributed by atoms with E-state index in [1.807, 2.05) is 18.5 Å². The number of hydrogen-bond donors (Lipinski definition) is 0. The standard InChI is InChI=1S/C32H28N4/c1-20(2)28-11-8-23-7-6-22(16-31(23)36-28)15-27-19-34-30-13-10-25(18-32(30)35-27)21(3)24-9-12-29-26(17-24)5-4-14-33-29/h4-14,16-21H,15H2,1-3H3. The van der Waals surface area contributed by atoms with E-state index in [0.29, 0.717) is 5.92 Å². The van der Waals surface area contributed by atoms with Crippen LogP contribution in [0.2, 0.25) is 0 Å². The number of aromatic nitrogens is 4. The molecule has 176 valence electrons. The molecule has 0 N–H and O–H groups in total. The van der Waals surface area contributed by atoms with Gasteiger partial charge in [-0.3, -0.25) is 15.0 Å². The molecule has 36 heavy (non-hydrogen) atoms. The Balaban J connectivity index is 1.30. The highest BCUT2D eigenvalue weighted by Crippen LogP contribution is 2.28. The zero-order valence-corrected chi connectivity index (χ0v) is 20.8. The normalized spacial score (nSPS) is 12.6. The Morgan fingerprint density at radius 3 is 2.31 bits per heavy atom. The van der Waals surface area contributed by atoms with Crippen molar-refractivity contribution in [1.29, 1.82) is 0 Å². The molecular weight excluding hydrogens is 440 g/mol. The molecule has 1 unspecified atom stereocenters. The smallest absolute Gasteiger partial charge is 0.0893 e. The number of fused-ring (bicyclic) bond motifs is 3. The minimum Gasteiger partial charge on any atom is -0.256 e. The van der Waals surface area contributed by atoms with Gasteiger partial charge in [0.25, 0.3) is 0 Å². The largest absolute Gasteiger partial charge is 0.256 e. The summed E-state index contributed by atoms with van der Waals surface area (Å²) in [6, 6.07) is 27.8. The van der Waals surface area contributed by atoms with Gasteiger partial charge in [0, 0.05) is 41.2 Å². The van der Waals surface area contributed by atoms with Crippen molar-refractivity contribution in [3.63, 3.8) is 0 Å². The van der Waals surface area contributed by atoms with E-state index in [2.05, 4.69) is 98.6 Å². The molecule has 0 radical (unpaired) electrons. The molecule has 3 heterocycles. The third kappa shape index (κ3) is 4.31. The molecule has 4 heteroatoms. The summed E-state index contributed by atoms with van der Waals surface area (Å²) >= 11 is 0. The minimum absolute atomic E-state index is 0.242. The first-order valence-corrected chi connectivity index (χ1v) is 12.5. The zero-order chi connectivity index (χ0) is 24.6. The average Bonchev–Trinajstić information content (AvgIpc) is 2.91. The van der Waals surface area contributed by atoms with E-state index in [9.17, 15) is 0 Å². The van der Waals surface area contributed by atoms with E-state index in [1.54, 1.807) is 0 Å². The lowest BCUT2D eigenvalue weighted by atomic mass is 9.92. The van der Waals surface area contributed by atoms with Crippen molar-refractivity contribution in [2.45, 2.75) is 39.0 Å². The summed E-state index contributed by atoms with van der Waals surface area (Å²) < 4.78 is 0. The summed E-state index contributed by atoms with van der Waals surface area (Å²) in [5, 5.41) is 2.32. The second-order valence-electron chi connectivity index (χ2n) is 9.88. The number of hydrogen-bond acceptors (Lipinski definition) is 4. The molecule has 0 fully saturated rings. The molecule has 1 atom stereocenters. The van der Waals surface area contributed by atoms with E-state index in [-0.39, 0.29) is 5.92 Å². The molecule has 3 aromatic heterocycles. The summed E-state index contributed by atoms with van der Waals surface area (Å²) in [5.74, 6) is 0.651. The molecule has 0 amide bonds. The molecular formula is C32H28N4. The fourth-order valence-electron chi connectivity index (χ4n) is 4.80. The Hall–Kier alpha value is -4.18. The van der Waals surface area contributed by atoms with Crippen molar-refractivity contribution in [2.75, 3.05) is 0 Å². The van der Waals surface area contributed by atoms with Crippen LogP contribution in [-0.4, -0.2) is 19.9 Å². The molecule has 6 aromatic rings. The Morgan fingerprint density at radius 2 is 1.44 bits per heavy atom. The molecule has 0 aliphatic heterocycles. The summed E-state index contributed by atoms with van der Waals surface area (Å²) in [5.41, 5.74) is 9.67. The van der Waals surface area contributed by atoms with E-state index in [0.717, 1.165) is 50.6 Å². The first-order chi connectivity index (χ1) is 17.5. The number of rotatable bonds is 5. The van der Waals surface area contributed by atoms with Crippen LogP contribution in [0.4, 0.5) is 0 Å². The van der Waals surface area contributed by atoms with Gasteiger partial charge in [-0.1, -0.05) is 57.2 Å². The lowest BCUT2D eigenvalue weighted by Crippen LogP contribution is -1.99. The first-order valence-electron chi connectivity index (χ1n) is 12.5. The average molecular weight is 469 g/mol. The topological polar surface area (TPSA) is 51.6 Å². The monoisotopic (exact) mass is 468 g/mol. The van der Waals surface area contributed by atoms with Crippen LogP contribution in [0.5, 0.6) is 0 Å². The quantitative estimate of drug-likeness (QED) is 0.261. The maximum atomic E-state index is 4.99. The van der Waals surface area contributed by atoms with Crippen LogP contribution in [0.1, 0.15) is 60.7 Å². The first kappa shape index (κ1) is 22.3. The van der Waals surface area contributed by atoms with Gasteiger partial charge in [0.1, 0.15) is 0 Å². The molecule has 0 aliphatic rings. The highest BCUT2D eigenvalue weighted by molar-refractivity contribution is 5.80. The van der Waals surface area contributed by atoms with Crippen molar-refractivity contribution >= 4 is 32.8 Å². The Kier molecular flexibility index (Phi) is 5.65. The van der Waals surface area contributed by atoms with Crippen molar-refractivity contribution in [2.24, 2.45) is 0 Å². The van der Waals surface area contributed by atoms with Gasteiger partial charge < -0.3 is 0 Å². The highest BCUT2D eigenvalue weighted by Gasteiger charge is 2.12. The number of benzene rings is 3. The molecule has 0 aliphatic carbocycles. The van der Waals surface area contributed by atoms with Crippen molar-refractivity contribution in [1.82, 2.24) is 19.9 Å². The number of pyridine rings is 2. The maximum absolute atomic E-state index is 4.99. The summed E-state index contributed by atoms with van der Waals surface area (Å²) in [4.78, 5) is 19.0. The Labute approximate surface area is 211 Å². The van der Waals surface area contributed by atoms with Crippen LogP contribution >= 0.6 is 0 Å². The van der Waals surface area contributed by atoms with E-state index >= 15 is 0 Å². The van der Waals surface area contributed by atoms with Crippen LogP contribution in [-0.2, 0) is 6.42 Å². The number of nitrogens with zero attached hydrogens (tertiary/aromatic N) is 4. The van der Waals surface area contributed by atoms with Gasteiger partial charge in [-0.05, 0) is 65.1 Å². The van der Waals surface area contributed by atoms with Gasteiger partial charge in [-0.25, -0.2) is 4.98 Å². The zero-order valence-electron chi connectivity index (χ0n) is 20.8. The van der Waals surface area contributed by atoms with Crippen LogP contribution < -0.4 is 0 Å². The molecule has 0 spiro atoms. The third-order valence-electron chi connectivity index (χ3n) is 7.00. The van der Waals surface area contributed by atoms with Gasteiger partial charge in [-0.15, -0.1) is 0 Å². The highest BCUT2D eigenvalue weighted by atomic mass is 14.8. The maximum Gasteiger partial charge on any atom is 0.0893 e. The van der Waals surface area contributed by atoms with Gasteiger partial charge in [-0.2, -0.15) is 0 Å². The predicted octanol–water partition coefficient (Wildman–Crippen LogP) is 7.59. The van der Waals surface area contributed by atoms with Gasteiger partial charge in [0.2, 0.25) is 0 Å². The third-order valence-corrected chi connectivity index (χ3v) is 7.00. The van der Waals surface area contributed by atoms with Crippen LogP contribution in [0.3, 0.4) is 0 Å². The van der Waals surface area contributed by atoms with E-state index in [1.165, 1.54) is 16.7 Å². The second kappa shape index (κ2) is 9.12. The van der Waals surface area contributed by atoms with Crippen molar-refractivity contribution in [3.8, 4) is 0 Å². The summed E-state index contributed by atoms with van der Waals surface area (Å²) in [6.45, 7) is 6.59. The molecule has 6 rings (SSSR count). The molecule has 4 nitrogen and oxygen atoms in total. The summed E-state index contributed by atoms with van der Waals surface area (Å²) in [7, 11) is 0. The van der Waals surface area contributed by atoms with E-state index < -0.39 is 0 Å². The van der Waals surface area contributed by atoms with Crippen molar-refractivity contribution in [3.05, 3.63) is 119 Å². The van der Waals surface area contributed by atoms with Gasteiger partial charge in [0.05, 0.1) is 27.8 Å². The molecule has 0 saturated carbocycles. The van der Waals surface area contributed by atoms with Crippen LogP contribution in [0.15, 0.2) is 91.3 Å². The van der Waals surface area contributed by atoms with E-state index in [4.69, 9.17) is 15.0 Å². The minimum atomic E-state index is 0.242. The van der Waals surface area contributed by atoms with Crippen LogP contribution in [0, 0.1) is 0 Å². The van der Waals surface area contributed by atoms with Crippen molar-refractivity contribution < 1.29 is 0 Å². The SMILES string of the molecule is CC(C)c1ccc2ccc(Cc3cnc4ccc(C(C)c5ccc6ncccc6c5)cc4n3)cc2n1. The fraction of sp³-hybridized carbons (Fsp3) is 0.188. The molecule has 0 bridgehead atoms. The fourth-order valence-corrected chi connectivity index (χ4v) is 4.80. The van der Waals surface area contributed by atoms with Gasteiger partial charge in [0.15, 0.2) is 0 Å². The van der Waals surface area contributed by atoms with Gasteiger partial charge >= 0.3 is 0 Å². The second-order valence-corrected chi connectivity index (χ2v) is 9.88. The Morgan fingerprint density at radius 1 is 0.639 bits per heavy atom. The molecule has 3 aromatic carbocycles. The lowest BCUT2D eigenvalue weighted by Gasteiger charge is -2.14.